The number of nitrogens with zero attached hydrogens (tertiary/aromatic N) is 6. The van der Waals surface area contributed by atoms with E-state index in [1.165, 1.54) is 19.3 Å². The van der Waals surface area contributed by atoms with Crippen LogP contribution in [0.15, 0.2) is 58.9 Å². The molecule has 34 heavy (non-hydrogen) atoms. The van der Waals surface area contributed by atoms with Crippen molar-refractivity contribution in [3.05, 3.63) is 59.9 Å². The smallest absolute Gasteiger partial charge is 0.278 e. The molecule has 0 spiro atoms. The van der Waals surface area contributed by atoms with Crippen LogP contribution in [0.3, 0.4) is 0 Å². The second kappa shape index (κ2) is 11.4. The van der Waals surface area contributed by atoms with Crippen LogP contribution in [0.2, 0.25) is 0 Å². The third-order valence-electron chi connectivity index (χ3n) is 6.49. The predicted octanol–water partition coefficient (Wildman–Crippen LogP) is 5.27. The van der Waals surface area contributed by atoms with Crippen LogP contribution in [0.4, 0.5) is 14.5 Å². The molecule has 3 heterocycles. The van der Waals surface area contributed by atoms with Gasteiger partial charge < -0.3 is 0 Å². The summed E-state index contributed by atoms with van der Waals surface area (Å²) in [6.45, 7) is 4.98. The minimum atomic E-state index is -2.56. The van der Waals surface area contributed by atoms with E-state index in [9.17, 15) is 8.78 Å². The van der Waals surface area contributed by atoms with Gasteiger partial charge in [-0.05, 0) is 37.1 Å². The van der Waals surface area contributed by atoms with Gasteiger partial charge in [-0.2, -0.15) is 10.2 Å². The van der Waals surface area contributed by atoms with Gasteiger partial charge in [0.2, 0.25) is 0 Å². The molecule has 182 valence electrons. The van der Waals surface area contributed by atoms with Gasteiger partial charge in [-0.15, -0.1) is 0 Å². The fraction of sp³-hybridized carbons (Fsp3) is 0.480. The Kier molecular flexibility index (Phi) is 8.28. The van der Waals surface area contributed by atoms with E-state index in [0.29, 0.717) is 12.3 Å². The van der Waals surface area contributed by atoms with Crippen LogP contribution in [0, 0.1) is 0 Å². The monoisotopic (exact) mass is 486 g/mol. The van der Waals surface area contributed by atoms with E-state index in [1.54, 1.807) is 18.3 Å². The van der Waals surface area contributed by atoms with Gasteiger partial charge in [0, 0.05) is 68.2 Å². The fourth-order valence-electron chi connectivity index (χ4n) is 4.29. The van der Waals surface area contributed by atoms with Crippen molar-refractivity contribution in [3.63, 3.8) is 0 Å². The molecule has 9 heteroatoms. The molecule has 2 aromatic rings. The van der Waals surface area contributed by atoms with E-state index >= 15 is 0 Å². The molecule has 3 aliphatic rings. The number of hydrogen-bond donors (Lipinski definition) is 0. The van der Waals surface area contributed by atoms with E-state index in [0.717, 1.165) is 49.2 Å². The summed E-state index contributed by atoms with van der Waals surface area (Å²) in [5, 5.41) is 7.51. The van der Waals surface area contributed by atoms with Gasteiger partial charge in [0.25, 0.3) is 6.43 Å². The summed E-state index contributed by atoms with van der Waals surface area (Å²) in [6, 6.07) is 15.0. The average molecular weight is 487 g/mol. The summed E-state index contributed by atoms with van der Waals surface area (Å²) in [4.78, 5) is 7.25. The Morgan fingerprint density at radius 1 is 1.00 bits per heavy atom. The highest BCUT2D eigenvalue weighted by molar-refractivity contribution is 7.98. The highest BCUT2D eigenvalue weighted by Crippen LogP contribution is 2.30. The van der Waals surface area contributed by atoms with Crippen LogP contribution in [0.1, 0.15) is 44.4 Å². The molecule has 0 amide bonds. The van der Waals surface area contributed by atoms with Crippen molar-refractivity contribution in [3.8, 4) is 0 Å². The first-order valence-corrected chi connectivity index (χ1v) is 12.2. The Morgan fingerprint density at radius 3 is 2.35 bits per heavy atom. The van der Waals surface area contributed by atoms with E-state index in [2.05, 4.69) is 40.8 Å². The van der Waals surface area contributed by atoms with Crippen molar-refractivity contribution in [1.29, 1.82) is 0 Å². The molecule has 1 aromatic heterocycles. The average Bonchev–Trinajstić information content (AvgIpc) is 3.31. The number of piperazine rings is 1. The number of alkyl halides is 2. The summed E-state index contributed by atoms with van der Waals surface area (Å²) in [5.74, 6) is 0. The largest absolute Gasteiger partial charge is 0.298 e. The Morgan fingerprint density at radius 2 is 1.76 bits per heavy atom. The van der Waals surface area contributed by atoms with E-state index in [4.69, 9.17) is 0 Å². The molecule has 2 fully saturated rings. The first kappa shape index (κ1) is 24.8. The topological polar surface area (TPSA) is 47.3 Å². The summed E-state index contributed by atoms with van der Waals surface area (Å²) in [5.41, 5.74) is 3.15. The summed E-state index contributed by atoms with van der Waals surface area (Å²) in [6.07, 6.45) is 3.31. The van der Waals surface area contributed by atoms with Crippen LogP contribution in [0.25, 0.3) is 0 Å². The lowest BCUT2D eigenvalue weighted by molar-refractivity contribution is 0.0919. The van der Waals surface area contributed by atoms with Crippen LogP contribution < -0.4 is 4.31 Å². The number of benzene rings is 1. The van der Waals surface area contributed by atoms with E-state index < -0.39 is 6.43 Å². The minimum Gasteiger partial charge on any atom is -0.298 e. The van der Waals surface area contributed by atoms with Gasteiger partial charge in [0.15, 0.2) is 0 Å². The molecule has 0 unspecified atom stereocenters. The van der Waals surface area contributed by atoms with Crippen molar-refractivity contribution < 1.29 is 8.78 Å². The molecule has 2 aliphatic heterocycles. The lowest BCUT2D eigenvalue weighted by Crippen LogP contribution is -2.51. The molecule has 0 atom stereocenters. The predicted molar refractivity (Wildman–Crippen MR) is 137 cm³/mol. The maximum atomic E-state index is 12.8. The van der Waals surface area contributed by atoms with Crippen LogP contribution in [-0.4, -0.2) is 64.3 Å². The normalized spacial score (nSPS) is 19.4. The standard InChI is InChI=1S/C24H28F2N6S.CH4/c25-24(26)23-15-22(28-29-23)18-9-10-19(27-16-18)17-32(21-5-2-1-3-6-21)33-31-13-11-30(12-14-31)20-7-4-8-20;/h1-3,5-6,9-10,16,20,24H,4,7-8,11-15,17H2;1H4. The molecular weight excluding hydrogens is 454 g/mol. The van der Waals surface area contributed by atoms with Crippen LogP contribution in [0.5, 0.6) is 0 Å². The van der Waals surface area contributed by atoms with Gasteiger partial charge in [-0.1, -0.05) is 32.0 Å². The number of anilines is 1. The molecular formula is C25H32F2N6S. The number of pyridine rings is 1. The summed E-state index contributed by atoms with van der Waals surface area (Å²) < 4.78 is 30.4. The highest BCUT2D eigenvalue weighted by atomic mass is 32.2. The lowest BCUT2D eigenvalue weighted by atomic mass is 9.91. The lowest BCUT2D eigenvalue weighted by Gasteiger charge is -2.43. The molecule has 0 bridgehead atoms. The Hall–Kier alpha value is -2.36. The SMILES string of the molecule is C.FC(F)C1=NN=C(c2ccc(CN(SN3CCN(C4CCC4)CC3)c3ccccc3)nc2)C1. The first-order chi connectivity index (χ1) is 16.2. The van der Waals surface area contributed by atoms with Gasteiger partial charge in [-0.3, -0.25) is 14.2 Å². The molecule has 6 nitrogen and oxygen atoms in total. The number of hydrogen-bond acceptors (Lipinski definition) is 7. The fourth-order valence-corrected chi connectivity index (χ4v) is 5.30. The third kappa shape index (κ3) is 5.82. The minimum absolute atomic E-state index is 0. The van der Waals surface area contributed by atoms with Gasteiger partial charge in [0.05, 0.1) is 18.0 Å². The van der Waals surface area contributed by atoms with Crippen molar-refractivity contribution in [2.24, 2.45) is 10.2 Å². The van der Waals surface area contributed by atoms with Crippen molar-refractivity contribution in [2.75, 3.05) is 30.5 Å². The summed E-state index contributed by atoms with van der Waals surface area (Å²) in [7, 11) is 0. The van der Waals surface area contributed by atoms with Gasteiger partial charge in [-0.25, -0.2) is 13.1 Å². The highest BCUT2D eigenvalue weighted by Gasteiger charge is 2.29. The zero-order valence-electron chi connectivity index (χ0n) is 18.5. The second-order valence-corrected chi connectivity index (χ2v) is 9.78. The first-order valence-electron chi connectivity index (χ1n) is 11.5. The summed E-state index contributed by atoms with van der Waals surface area (Å²) >= 11 is 1.76. The van der Waals surface area contributed by atoms with Gasteiger partial charge >= 0.3 is 0 Å². The Bertz CT molecular complexity index is 986. The maximum absolute atomic E-state index is 12.8. The quantitative estimate of drug-likeness (QED) is 0.476. The molecule has 0 radical (unpaired) electrons. The zero-order valence-corrected chi connectivity index (χ0v) is 19.3. The van der Waals surface area contributed by atoms with E-state index in [-0.39, 0.29) is 19.6 Å². The number of para-hydroxylation sites is 1. The second-order valence-electron chi connectivity index (χ2n) is 8.66. The maximum Gasteiger partial charge on any atom is 0.278 e. The van der Waals surface area contributed by atoms with Crippen molar-refractivity contribution >= 4 is 29.2 Å². The van der Waals surface area contributed by atoms with Crippen LogP contribution in [-0.2, 0) is 6.54 Å². The van der Waals surface area contributed by atoms with E-state index in [1.807, 2.05) is 30.3 Å². The number of halogens is 2. The van der Waals surface area contributed by atoms with Gasteiger partial charge in [0.1, 0.15) is 5.71 Å². The third-order valence-corrected chi connectivity index (χ3v) is 7.62. The molecule has 1 aromatic carbocycles. The van der Waals surface area contributed by atoms with Crippen molar-refractivity contribution in [1.82, 2.24) is 14.2 Å². The number of rotatable bonds is 8. The molecule has 1 saturated heterocycles. The van der Waals surface area contributed by atoms with Crippen molar-refractivity contribution in [2.45, 2.75) is 52.1 Å². The molecule has 1 saturated carbocycles. The Labute approximate surface area is 205 Å². The molecule has 0 N–H and O–H groups in total. The Balaban J connectivity index is 0.00000274. The molecule has 1 aliphatic carbocycles. The molecule has 5 rings (SSSR count). The van der Waals surface area contributed by atoms with Crippen LogP contribution >= 0.6 is 12.1 Å². The zero-order chi connectivity index (χ0) is 22.6. The number of aromatic nitrogens is 1.